The fraction of sp³-hybridized carbons (Fsp3) is 0.318. The maximum absolute atomic E-state index is 6.34. The summed E-state index contributed by atoms with van der Waals surface area (Å²) in [5, 5.41) is 12.9. The molecule has 1 atom stereocenters. The van der Waals surface area contributed by atoms with E-state index in [-0.39, 0.29) is 0 Å². The average molecular weight is 487 g/mol. The highest BCUT2D eigenvalue weighted by Gasteiger charge is 2.28. The normalized spacial score (nSPS) is 14.7. The van der Waals surface area contributed by atoms with Crippen molar-refractivity contribution in [2.75, 3.05) is 18.2 Å². The predicted octanol–water partition coefficient (Wildman–Crippen LogP) is 6.10. The number of fused-ring (bicyclic) bond motifs is 3. The summed E-state index contributed by atoms with van der Waals surface area (Å²) in [6.07, 6.45) is 3.04. The summed E-state index contributed by atoms with van der Waals surface area (Å²) < 4.78 is 12.8. The van der Waals surface area contributed by atoms with Crippen LogP contribution in [-0.4, -0.2) is 28.0 Å². The average Bonchev–Trinajstić information content (AvgIpc) is 2.93. The third-order valence-corrected chi connectivity index (χ3v) is 6.21. The molecule has 3 aromatic rings. The van der Waals surface area contributed by atoms with E-state index in [4.69, 9.17) is 14.5 Å². The van der Waals surface area contributed by atoms with Crippen LogP contribution in [0.15, 0.2) is 52.1 Å². The molecule has 156 valence electrons. The van der Waals surface area contributed by atoms with Gasteiger partial charge in [0.15, 0.2) is 5.69 Å². The lowest BCUT2D eigenvalue weighted by Gasteiger charge is -2.21. The van der Waals surface area contributed by atoms with E-state index in [0.29, 0.717) is 16.7 Å². The van der Waals surface area contributed by atoms with Gasteiger partial charge in [-0.05, 0) is 36.8 Å². The monoisotopic (exact) mass is 486 g/mol. The molecule has 0 amide bonds. The van der Waals surface area contributed by atoms with Gasteiger partial charge in [-0.15, -0.1) is 10.2 Å². The molecule has 0 saturated carbocycles. The number of methoxy groups -OCH3 is 1. The van der Waals surface area contributed by atoms with Crippen molar-refractivity contribution in [3.63, 3.8) is 0 Å². The molecule has 30 heavy (non-hydrogen) atoms. The van der Waals surface area contributed by atoms with Crippen molar-refractivity contribution in [2.24, 2.45) is 0 Å². The quantitative estimate of drug-likeness (QED) is 0.319. The van der Waals surface area contributed by atoms with Gasteiger partial charge in [0.1, 0.15) is 5.75 Å². The third kappa shape index (κ3) is 4.54. The van der Waals surface area contributed by atoms with Crippen LogP contribution in [0.4, 0.5) is 5.69 Å². The van der Waals surface area contributed by atoms with Crippen LogP contribution in [0.25, 0.3) is 11.3 Å². The number of rotatable bonds is 7. The summed E-state index contributed by atoms with van der Waals surface area (Å²) in [5.41, 5.74) is 3.29. The minimum Gasteiger partial charge on any atom is -0.496 e. The van der Waals surface area contributed by atoms with E-state index in [2.05, 4.69) is 38.4 Å². The third-order valence-electron chi connectivity index (χ3n) is 4.79. The molecule has 6 nitrogen and oxygen atoms in total. The van der Waals surface area contributed by atoms with Crippen LogP contribution in [0.2, 0.25) is 0 Å². The van der Waals surface area contributed by atoms with E-state index < -0.39 is 6.23 Å². The van der Waals surface area contributed by atoms with E-state index >= 15 is 0 Å². The van der Waals surface area contributed by atoms with Crippen molar-refractivity contribution < 1.29 is 9.47 Å². The van der Waals surface area contributed by atoms with Gasteiger partial charge in [0.25, 0.3) is 0 Å². The van der Waals surface area contributed by atoms with E-state index in [0.717, 1.165) is 39.2 Å². The standard InChI is InChI=1S/C22H23BrN4O2S/c1-3-4-7-12-30-22-25-21-19(26-27-22)16-13-14(23)10-11-17(16)24-20(29-21)15-8-5-6-9-18(15)28-2/h5-6,8-11,13,20,24H,3-4,7,12H2,1-2H3/t20-/m1/s1. The van der Waals surface area contributed by atoms with E-state index in [1.807, 2.05) is 42.5 Å². The van der Waals surface area contributed by atoms with Gasteiger partial charge in [-0.25, -0.2) is 0 Å². The van der Waals surface area contributed by atoms with E-state index in [1.165, 1.54) is 12.8 Å². The highest BCUT2D eigenvalue weighted by Crippen LogP contribution is 2.42. The lowest BCUT2D eigenvalue weighted by molar-refractivity contribution is 0.220. The largest absolute Gasteiger partial charge is 0.496 e. The van der Waals surface area contributed by atoms with Gasteiger partial charge in [-0.3, -0.25) is 0 Å². The Morgan fingerprint density at radius 2 is 2.03 bits per heavy atom. The molecule has 1 aliphatic rings. The first-order valence-electron chi connectivity index (χ1n) is 9.93. The second-order valence-electron chi connectivity index (χ2n) is 6.88. The number of benzene rings is 2. The van der Waals surface area contributed by atoms with E-state index in [9.17, 15) is 0 Å². The Labute approximate surface area is 188 Å². The molecule has 0 radical (unpaired) electrons. The Hall–Kier alpha value is -2.32. The molecule has 0 aliphatic carbocycles. The number of para-hydroxylation sites is 1. The number of thioether (sulfide) groups is 1. The number of hydrogen-bond donors (Lipinski definition) is 1. The molecule has 0 unspecified atom stereocenters. The summed E-state index contributed by atoms with van der Waals surface area (Å²) in [5.74, 6) is 2.17. The Kier molecular flexibility index (Phi) is 6.74. The van der Waals surface area contributed by atoms with Crippen molar-refractivity contribution in [2.45, 2.75) is 37.6 Å². The maximum Gasteiger partial charge on any atom is 0.247 e. The molecule has 2 aromatic carbocycles. The summed E-state index contributed by atoms with van der Waals surface area (Å²) in [6.45, 7) is 2.19. The van der Waals surface area contributed by atoms with Crippen LogP contribution in [0, 0.1) is 0 Å². The van der Waals surface area contributed by atoms with Crippen molar-refractivity contribution in [3.8, 4) is 22.9 Å². The molecular weight excluding hydrogens is 464 g/mol. The number of halogens is 1. The topological polar surface area (TPSA) is 69.2 Å². The van der Waals surface area contributed by atoms with E-state index in [1.54, 1.807) is 18.9 Å². The Bertz CT molecular complexity index is 1030. The van der Waals surface area contributed by atoms with Crippen LogP contribution < -0.4 is 14.8 Å². The number of hydrogen-bond acceptors (Lipinski definition) is 7. The highest BCUT2D eigenvalue weighted by molar-refractivity contribution is 9.10. The smallest absolute Gasteiger partial charge is 0.247 e. The zero-order valence-corrected chi connectivity index (χ0v) is 19.3. The zero-order chi connectivity index (χ0) is 20.9. The summed E-state index contributed by atoms with van der Waals surface area (Å²) in [4.78, 5) is 4.70. The Balaban J connectivity index is 1.74. The highest BCUT2D eigenvalue weighted by atomic mass is 79.9. The second kappa shape index (κ2) is 9.66. The molecule has 8 heteroatoms. The first-order valence-corrected chi connectivity index (χ1v) is 11.7. The lowest BCUT2D eigenvalue weighted by atomic mass is 10.1. The number of nitrogens with zero attached hydrogens (tertiary/aromatic N) is 3. The summed E-state index contributed by atoms with van der Waals surface area (Å²) >= 11 is 5.16. The molecule has 1 aromatic heterocycles. The molecule has 4 rings (SSSR count). The van der Waals surface area contributed by atoms with Gasteiger partial charge in [0.2, 0.25) is 17.3 Å². The van der Waals surface area contributed by atoms with Gasteiger partial charge < -0.3 is 14.8 Å². The van der Waals surface area contributed by atoms with Crippen LogP contribution >= 0.6 is 27.7 Å². The van der Waals surface area contributed by atoms with Crippen LogP contribution in [0.3, 0.4) is 0 Å². The maximum atomic E-state index is 6.34. The van der Waals surface area contributed by atoms with Gasteiger partial charge in [-0.1, -0.05) is 59.6 Å². The predicted molar refractivity (Wildman–Crippen MR) is 123 cm³/mol. The van der Waals surface area contributed by atoms with Gasteiger partial charge in [-0.2, -0.15) is 4.98 Å². The summed E-state index contributed by atoms with van der Waals surface area (Å²) in [7, 11) is 1.66. The molecule has 1 aliphatic heterocycles. The van der Waals surface area contributed by atoms with Crippen molar-refractivity contribution >= 4 is 33.4 Å². The first-order chi connectivity index (χ1) is 14.7. The zero-order valence-electron chi connectivity index (χ0n) is 16.9. The van der Waals surface area contributed by atoms with Crippen molar-refractivity contribution in [1.82, 2.24) is 15.2 Å². The van der Waals surface area contributed by atoms with Crippen molar-refractivity contribution in [1.29, 1.82) is 0 Å². The Morgan fingerprint density at radius 3 is 2.87 bits per heavy atom. The van der Waals surface area contributed by atoms with Gasteiger partial charge in [0.05, 0.1) is 12.7 Å². The number of aromatic nitrogens is 3. The summed E-state index contributed by atoms with van der Waals surface area (Å²) in [6, 6.07) is 13.8. The number of unbranched alkanes of at least 4 members (excludes halogenated alkanes) is 2. The lowest BCUT2D eigenvalue weighted by Crippen LogP contribution is -2.18. The van der Waals surface area contributed by atoms with Gasteiger partial charge in [0, 0.05) is 21.5 Å². The fourth-order valence-corrected chi connectivity index (χ4v) is 4.41. The molecule has 0 saturated heterocycles. The molecule has 0 spiro atoms. The molecular formula is C22H23BrN4O2S. The fourth-order valence-electron chi connectivity index (χ4n) is 3.27. The molecule has 2 heterocycles. The van der Waals surface area contributed by atoms with Crippen LogP contribution in [-0.2, 0) is 0 Å². The molecule has 1 N–H and O–H groups in total. The SMILES string of the molecule is CCCCCSc1nnc2c(n1)O[C@H](c1ccccc1OC)Nc1ccc(Br)cc1-2. The Morgan fingerprint density at radius 1 is 1.17 bits per heavy atom. The van der Waals surface area contributed by atoms with Crippen LogP contribution in [0.1, 0.15) is 38.0 Å². The van der Waals surface area contributed by atoms with Crippen LogP contribution in [0.5, 0.6) is 11.6 Å². The first kappa shape index (κ1) is 20.9. The van der Waals surface area contributed by atoms with Gasteiger partial charge >= 0.3 is 0 Å². The molecule has 0 fully saturated rings. The minimum absolute atomic E-state index is 0.461. The number of nitrogens with one attached hydrogen (secondary N) is 1. The number of anilines is 1. The second-order valence-corrected chi connectivity index (χ2v) is 8.86. The molecule has 0 bridgehead atoms. The minimum atomic E-state index is -0.475. The van der Waals surface area contributed by atoms with Crippen molar-refractivity contribution in [3.05, 3.63) is 52.5 Å². The number of ether oxygens (including phenoxy) is 2.